The Morgan fingerprint density at radius 1 is 1.11 bits per heavy atom. The number of hydrogen-bond acceptors (Lipinski definition) is 1. The van der Waals surface area contributed by atoms with E-state index >= 15 is 0 Å². The molecule has 2 aromatic carbocycles. The lowest BCUT2D eigenvalue weighted by atomic mass is 10.2. The second kappa shape index (κ2) is 6.40. The third kappa shape index (κ3) is 4.42. The van der Waals surface area contributed by atoms with Crippen LogP contribution in [0.3, 0.4) is 0 Å². The second-order valence-corrected chi connectivity index (χ2v) is 5.34. The summed E-state index contributed by atoms with van der Waals surface area (Å²) < 4.78 is 18.4. The van der Waals surface area contributed by atoms with E-state index in [2.05, 4.69) is 27.8 Å². The van der Waals surface area contributed by atoms with Crippen molar-refractivity contribution in [2.45, 2.75) is 11.8 Å². The maximum atomic E-state index is 12.8. The second-order valence-electron chi connectivity index (χ2n) is 3.97. The molecule has 0 aliphatic carbocycles. The summed E-state index contributed by atoms with van der Waals surface area (Å²) in [5.74, 6) is 7.06. The maximum Gasteiger partial charge on any atom is 0.128 e. The topological polar surface area (TPSA) is 9.23 Å². The average Bonchev–Trinajstić information content (AvgIpc) is 2.40. The molecule has 2 aromatic rings. The maximum absolute atomic E-state index is 12.8. The Hall–Kier alpha value is -1.79. The van der Waals surface area contributed by atoms with Gasteiger partial charge in [-0.05, 0) is 49.4 Å². The number of rotatable bonds is 2. The molecule has 0 heterocycles. The van der Waals surface area contributed by atoms with Gasteiger partial charge in [-0.1, -0.05) is 33.8 Å². The third-order valence-corrected chi connectivity index (χ3v) is 2.53. The van der Waals surface area contributed by atoms with Crippen LogP contribution < -0.4 is 4.74 Å². The van der Waals surface area contributed by atoms with Crippen molar-refractivity contribution in [3.63, 3.8) is 0 Å². The van der Waals surface area contributed by atoms with Crippen LogP contribution in [0.2, 0.25) is 0 Å². The fraction of sp³-hybridized carbons (Fsp3) is 0.125. The summed E-state index contributed by atoms with van der Waals surface area (Å²) in [6.45, 7) is 1.96. The summed E-state index contributed by atoms with van der Waals surface area (Å²) in [6, 6.07) is 13.4. The van der Waals surface area contributed by atoms with Crippen LogP contribution in [0.4, 0.5) is 4.39 Å². The summed E-state index contributed by atoms with van der Waals surface area (Å²) in [4.78, 5) is 0.147. The van der Waals surface area contributed by atoms with Crippen LogP contribution >= 0.6 is 15.9 Å². The Bertz CT molecular complexity index is 609. The fourth-order valence-electron chi connectivity index (χ4n) is 1.46. The average molecular weight is 319 g/mol. The van der Waals surface area contributed by atoms with Crippen LogP contribution in [0.5, 0.6) is 11.5 Å². The molecule has 2 rings (SSSR count). The largest absolute Gasteiger partial charge is 0.457 e. The highest BCUT2D eigenvalue weighted by atomic mass is 79.9. The van der Waals surface area contributed by atoms with Crippen LogP contribution in [0.15, 0.2) is 48.5 Å². The Balaban J connectivity index is 2.15. The van der Waals surface area contributed by atoms with Crippen molar-refractivity contribution in [2.75, 3.05) is 0 Å². The number of halogens is 2. The van der Waals surface area contributed by atoms with Gasteiger partial charge in [0.2, 0.25) is 0 Å². The molecule has 1 unspecified atom stereocenters. The van der Waals surface area contributed by atoms with Gasteiger partial charge in [0.15, 0.2) is 0 Å². The lowest BCUT2D eigenvalue weighted by Gasteiger charge is -2.05. The SMILES string of the molecule is CC(Br)C#Cc1cccc(Oc2ccc(F)cc2)c1. The number of alkyl halides is 1. The number of benzene rings is 2. The van der Waals surface area contributed by atoms with Gasteiger partial charge in [-0.2, -0.15) is 0 Å². The van der Waals surface area contributed by atoms with E-state index in [1.54, 1.807) is 12.1 Å². The Labute approximate surface area is 120 Å². The molecule has 3 heteroatoms. The molecule has 0 aliphatic heterocycles. The zero-order valence-electron chi connectivity index (χ0n) is 10.4. The quantitative estimate of drug-likeness (QED) is 0.573. The minimum atomic E-state index is -0.279. The van der Waals surface area contributed by atoms with Gasteiger partial charge < -0.3 is 4.74 Å². The molecule has 0 amide bonds. The molecule has 1 atom stereocenters. The normalized spacial score (nSPS) is 11.3. The first kappa shape index (κ1) is 13.6. The minimum Gasteiger partial charge on any atom is -0.457 e. The first-order valence-corrected chi connectivity index (χ1v) is 6.74. The standard InChI is InChI=1S/C16H12BrFO/c1-12(17)5-6-13-3-2-4-16(11-13)19-15-9-7-14(18)8-10-15/h2-4,7-12H,1H3. The van der Waals surface area contributed by atoms with E-state index < -0.39 is 0 Å². The van der Waals surface area contributed by atoms with E-state index in [9.17, 15) is 4.39 Å². The van der Waals surface area contributed by atoms with Crippen LogP contribution in [-0.4, -0.2) is 4.83 Å². The Kier molecular flexibility index (Phi) is 4.59. The zero-order chi connectivity index (χ0) is 13.7. The van der Waals surface area contributed by atoms with E-state index in [1.165, 1.54) is 12.1 Å². The molecule has 0 bridgehead atoms. The van der Waals surface area contributed by atoms with Crippen molar-refractivity contribution in [2.24, 2.45) is 0 Å². The molecule has 19 heavy (non-hydrogen) atoms. The van der Waals surface area contributed by atoms with Crippen LogP contribution in [-0.2, 0) is 0 Å². The van der Waals surface area contributed by atoms with E-state index in [4.69, 9.17) is 4.74 Å². The molecule has 0 aromatic heterocycles. The molecule has 96 valence electrons. The van der Waals surface area contributed by atoms with Crippen molar-refractivity contribution in [3.05, 3.63) is 59.9 Å². The van der Waals surface area contributed by atoms with Gasteiger partial charge >= 0.3 is 0 Å². The third-order valence-electron chi connectivity index (χ3n) is 2.30. The van der Waals surface area contributed by atoms with Crippen molar-refractivity contribution in [1.82, 2.24) is 0 Å². The minimum absolute atomic E-state index is 0.147. The van der Waals surface area contributed by atoms with Gasteiger partial charge in [-0.3, -0.25) is 0 Å². The molecule has 0 radical (unpaired) electrons. The molecule has 1 nitrogen and oxygen atoms in total. The number of hydrogen-bond donors (Lipinski definition) is 0. The predicted octanol–water partition coefficient (Wildman–Crippen LogP) is 4.75. The summed E-state index contributed by atoms with van der Waals surface area (Å²) in [7, 11) is 0. The van der Waals surface area contributed by atoms with Crippen LogP contribution in [0.25, 0.3) is 0 Å². The highest BCUT2D eigenvalue weighted by Crippen LogP contribution is 2.22. The van der Waals surface area contributed by atoms with E-state index in [-0.39, 0.29) is 10.6 Å². The number of ether oxygens (including phenoxy) is 1. The lowest BCUT2D eigenvalue weighted by Crippen LogP contribution is -1.86. The van der Waals surface area contributed by atoms with E-state index in [0.717, 1.165) is 5.56 Å². The van der Waals surface area contributed by atoms with Crippen molar-refractivity contribution >= 4 is 15.9 Å². The molecule has 0 spiro atoms. The van der Waals surface area contributed by atoms with Crippen LogP contribution in [0.1, 0.15) is 12.5 Å². The van der Waals surface area contributed by atoms with Gasteiger partial charge in [0.1, 0.15) is 17.3 Å². The molecular formula is C16H12BrFO. The summed E-state index contributed by atoms with van der Waals surface area (Å²) >= 11 is 3.37. The van der Waals surface area contributed by atoms with E-state index in [0.29, 0.717) is 11.5 Å². The summed E-state index contributed by atoms with van der Waals surface area (Å²) in [5.41, 5.74) is 0.880. The molecule has 0 N–H and O–H groups in total. The fourth-order valence-corrected chi connectivity index (χ4v) is 1.57. The van der Waals surface area contributed by atoms with Gasteiger partial charge in [0.05, 0.1) is 4.83 Å². The highest BCUT2D eigenvalue weighted by molar-refractivity contribution is 9.09. The molecular weight excluding hydrogens is 307 g/mol. The van der Waals surface area contributed by atoms with E-state index in [1.807, 2.05) is 31.2 Å². The smallest absolute Gasteiger partial charge is 0.128 e. The zero-order valence-corrected chi connectivity index (χ0v) is 11.9. The Morgan fingerprint density at radius 2 is 1.84 bits per heavy atom. The van der Waals surface area contributed by atoms with Gasteiger partial charge in [-0.25, -0.2) is 4.39 Å². The predicted molar refractivity (Wildman–Crippen MR) is 78.2 cm³/mol. The van der Waals surface area contributed by atoms with Crippen molar-refractivity contribution in [3.8, 4) is 23.3 Å². The molecule has 0 saturated heterocycles. The lowest BCUT2D eigenvalue weighted by molar-refractivity contribution is 0.480. The molecule has 0 fully saturated rings. The highest BCUT2D eigenvalue weighted by Gasteiger charge is 1.98. The molecule has 0 aliphatic rings. The monoisotopic (exact) mass is 318 g/mol. The van der Waals surface area contributed by atoms with Crippen molar-refractivity contribution < 1.29 is 9.13 Å². The summed E-state index contributed by atoms with van der Waals surface area (Å²) in [5, 5.41) is 0. The summed E-state index contributed by atoms with van der Waals surface area (Å²) in [6.07, 6.45) is 0. The van der Waals surface area contributed by atoms with Gasteiger partial charge in [0, 0.05) is 5.56 Å². The van der Waals surface area contributed by atoms with Crippen molar-refractivity contribution in [1.29, 1.82) is 0 Å². The Morgan fingerprint density at radius 3 is 2.53 bits per heavy atom. The van der Waals surface area contributed by atoms with Gasteiger partial charge in [-0.15, -0.1) is 0 Å². The van der Waals surface area contributed by atoms with Crippen LogP contribution in [0, 0.1) is 17.7 Å². The first-order valence-electron chi connectivity index (χ1n) is 5.82. The molecule has 0 saturated carbocycles. The first-order chi connectivity index (χ1) is 9.13. The van der Waals surface area contributed by atoms with Gasteiger partial charge in [0.25, 0.3) is 0 Å².